The quantitative estimate of drug-likeness (QED) is 0.552. The largest absolute Gasteiger partial charge is 0.310 e. The highest BCUT2D eigenvalue weighted by molar-refractivity contribution is 8.14. The van der Waals surface area contributed by atoms with Gasteiger partial charge >= 0.3 is 0 Å². The monoisotopic (exact) mass is 131 g/mol. The fourth-order valence-corrected chi connectivity index (χ4v) is 1.75. The Hall–Kier alpha value is -0.0200. The molecule has 0 bridgehead atoms. The first-order valence-electron chi connectivity index (χ1n) is 2.68. The molecule has 8 heavy (non-hydrogen) atoms. The van der Waals surface area contributed by atoms with Crippen LogP contribution in [0.15, 0.2) is 0 Å². The normalized spacial score (nSPS) is 29.1. The summed E-state index contributed by atoms with van der Waals surface area (Å²) < 4.78 is 0. The van der Waals surface area contributed by atoms with Gasteiger partial charge in [0.2, 0.25) is 5.12 Å². The topological polar surface area (TPSA) is 29.1 Å². The molecule has 3 heteroatoms. The second kappa shape index (κ2) is 2.51. The van der Waals surface area contributed by atoms with E-state index >= 15 is 0 Å². The molecule has 0 unspecified atom stereocenters. The Morgan fingerprint density at radius 1 is 1.88 bits per heavy atom. The Morgan fingerprint density at radius 3 is 2.88 bits per heavy atom. The maximum absolute atomic E-state index is 10.7. The smallest absolute Gasteiger partial charge is 0.205 e. The maximum Gasteiger partial charge on any atom is 0.205 e. The lowest BCUT2D eigenvalue weighted by molar-refractivity contribution is -0.112. The average Bonchev–Trinajstić information content (AvgIpc) is 2.14. The maximum atomic E-state index is 10.7. The van der Waals surface area contributed by atoms with Gasteiger partial charge in [-0.1, -0.05) is 11.8 Å². The lowest BCUT2D eigenvalue weighted by atomic mass is 10.3. The molecule has 1 fully saturated rings. The third-order valence-corrected chi connectivity index (χ3v) is 2.29. The zero-order valence-electron chi connectivity index (χ0n) is 4.81. The van der Waals surface area contributed by atoms with Crippen molar-refractivity contribution in [3.63, 3.8) is 0 Å². The molecule has 1 heterocycles. The molecule has 1 aliphatic rings. The fourth-order valence-electron chi connectivity index (χ4n) is 0.758. The van der Waals surface area contributed by atoms with Gasteiger partial charge in [-0.05, 0) is 13.5 Å². The molecule has 1 atom stereocenters. The van der Waals surface area contributed by atoms with Crippen molar-refractivity contribution in [2.45, 2.75) is 12.5 Å². The minimum Gasteiger partial charge on any atom is -0.310 e. The van der Waals surface area contributed by atoms with Crippen LogP contribution in [0.2, 0.25) is 0 Å². The third-order valence-electron chi connectivity index (χ3n) is 1.28. The van der Waals surface area contributed by atoms with E-state index < -0.39 is 0 Å². The molecule has 0 radical (unpaired) electrons. The zero-order chi connectivity index (χ0) is 5.98. The molecule has 1 aliphatic heterocycles. The van der Waals surface area contributed by atoms with Crippen molar-refractivity contribution in [2.75, 3.05) is 12.8 Å². The summed E-state index contributed by atoms with van der Waals surface area (Å²) in [6.07, 6.45) is 1.00. The number of thioether (sulfide) groups is 1. The summed E-state index contributed by atoms with van der Waals surface area (Å²) >= 11 is 1.43. The van der Waals surface area contributed by atoms with Gasteiger partial charge < -0.3 is 5.32 Å². The van der Waals surface area contributed by atoms with E-state index in [0.717, 1.165) is 12.2 Å². The van der Waals surface area contributed by atoms with Gasteiger partial charge in [-0.3, -0.25) is 4.79 Å². The molecule has 1 rings (SSSR count). The summed E-state index contributed by atoms with van der Waals surface area (Å²) in [6, 6.07) is 0.139. The second-order valence-electron chi connectivity index (χ2n) is 1.80. The van der Waals surface area contributed by atoms with Crippen LogP contribution in [0.1, 0.15) is 6.42 Å². The van der Waals surface area contributed by atoms with E-state index in [9.17, 15) is 4.79 Å². The predicted molar refractivity (Wildman–Crippen MR) is 34.9 cm³/mol. The van der Waals surface area contributed by atoms with Gasteiger partial charge in [0.15, 0.2) is 0 Å². The Bertz CT molecular complexity index is 105. The van der Waals surface area contributed by atoms with Crippen LogP contribution in [0.3, 0.4) is 0 Å². The molecule has 0 aromatic heterocycles. The first-order chi connectivity index (χ1) is 3.84. The van der Waals surface area contributed by atoms with Crippen molar-refractivity contribution in [2.24, 2.45) is 0 Å². The van der Waals surface area contributed by atoms with Gasteiger partial charge in [0.25, 0.3) is 0 Å². The van der Waals surface area contributed by atoms with Gasteiger partial charge in [-0.2, -0.15) is 0 Å². The molecule has 0 aromatic rings. The van der Waals surface area contributed by atoms with E-state index in [0.29, 0.717) is 5.12 Å². The molecule has 0 aromatic carbocycles. The SMILES string of the molecule is CN[C@H]1CCSC1=O. The van der Waals surface area contributed by atoms with Crippen LogP contribution in [0.25, 0.3) is 0 Å². The summed E-state index contributed by atoms with van der Waals surface area (Å²) in [4.78, 5) is 10.7. The highest BCUT2D eigenvalue weighted by atomic mass is 32.2. The van der Waals surface area contributed by atoms with Crippen LogP contribution in [0.5, 0.6) is 0 Å². The molecule has 46 valence electrons. The molecule has 1 saturated heterocycles. The summed E-state index contributed by atoms with van der Waals surface area (Å²) in [5, 5.41) is 3.24. The molecule has 2 nitrogen and oxygen atoms in total. The van der Waals surface area contributed by atoms with Crippen molar-refractivity contribution < 1.29 is 4.79 Å². The number of hydrogen-bond donors (Lipinski definition) is 1. The summed E-state index contributed by atoms with van der Waals surface area (Å²) in [5.74, 6) is 0.990. The molecular formula is C5H9NOS. The van der Waals surface area contributed by atoms with Gasteiger partial charge in [-0.15, -0.1) is 0 Å². The Balaban J connectivity index is 2.42. The van der Waals surface area contributed by atoms with Crippen LogP contribution < -0.4 is 5.32 Å². The van der Waals surface area contributed by atoms with Crippen LogP contribution in [-0.2, 0) is 4.79 Å². The van der Waals surface area contributed by atoms with Crippen LogP contribution in [-0.4, -0.2) is 24.0 Å². The Morgan fingerprint density at radius 2 is 2.62 bits per heavy atom. The number of nitrogens with one attached hydrogen (secondary N) is 1. The highest BCUT2D eigenvalue weighted by Gasteiger charge is 2.22. The van der Waals surface area contributed by atoms with E-state index in [4.69, 9.17) is 0 Å². The standard InChI is InChI=1S/C5H9NOS/c1-6-4-2-3-8-5(4)7/h4,6H,2-3H2,1H3/t4-/m0/s1. The fraction of sp³-hybridized carbons (Fsp3) is 0.800. The van der Waals surface area contributed by atoms with Crippen molar-refractivity contribution in [1.29, 1.82) is 0 Å². The van der Waals surface area contributed by atoms with Crippen LogP contribution in [0, 0.1) is 0 Å². The summed E-state index contributed by atoms with van der Waals surface area (Å²) in [7, 11) is 1.83. The van der Waals surface area contributed by atoms with Crippen molar-refractivity contribution in [3.8, 4) is 0 Å². The molecule has 0 spiro atoms. The first kappa shape index (κ1) is 6.11. The molecule has 1 N–H and O–H groups in total. The average molecular weight is 131 g/mol. The van der Waals surface area contributed by atoms with E-state index in [-0.39, 0.29) is 6.04 Å². The second-order valence-corrected chi connectivity index (χ2v) is 2.90. The Kier molecular flexibility index (Phi) is 1.91. The molecule has 0 amide bonds. The van der Waals surface area contributed by atoms with Gasteiger partial charge in [0.1, 0.15) is 0 Å². The van der Waals surface area contributed by atoms with E-state index in [2.05, 4.69) is 5.32 Å². The van der Waals surface area contributed by atoms with E-state index in [1.165, 1.54) is 11.8 Å². The van der Waals surface area contributed by atoms with E-state index in [1.807, 2.05) is 7.05 Å². The summed E-state index contributed by atoms with van der Waals surface area (Å²) in [6.45, 7) is 0. The van der Waals surface area contributed by atoms with Gasteiger partial charge in [0.05, 0.1) is 6.04 Å². The highest BCUT2D eigenvalue weighted by Crippen LogP contribution is 2.18. The third kappa shape index (κ3) is 1.03. The predicted octanol–water partition coefficient (Wildman–Crippen LogP) is 0.238. The first-order valence-corrected chi connectivity index (χ1v) is 3.67. The minimum atomic E-state index is 0.139. The van der Waals surface area contributed by atoms with Gasteiger partial charge in [-0.25, -0.2) is 0 Å². The van der Waals surface area contributed by atoms with E-state index in [1.54, 1.807) is 0 Å². The molecular weight excluding hydrogens is 122 g/mol. The Labute approximate surface area is 53.0 Å². The zero-order valence-corrected chi connectivity index (χ0v) is 5.62. The van der Waals surface area contributed by atoms with Crippen LogP contribution >= 0.6 is 11.8 Å². The molecule has 0 aliphatic carbocycles. The van der Waals surface area contributed by atoms with Gasteiger partial charge in [0, 0.05) is 5.75 Å². The summed E-state index contributed by atoms with van der Waals surface area (Å²) in [5.41, 5.74) is 0. The lowest BCUT2D eigenvalue weighted by Crippen LogP contribution is -2.27. The number of likely N-dealkylation sites (N-methyl/N-ethyl adjacent to an activating group) is 1. The minimum absolute atomic E-state index is 0.139. The number of carbonyl (C=O) groups is 1. The van der Waals surface area contributed by atoms with Crippen molar-refractivity contribution >= 4 is 16.9 Å². The molecule has 0 saturated carbocycles. The number of rotatable bonds is 1. The number of hydrogen-bond acceptors (Lipinski definition) is 3. The van der Waals surface area contributed by atoms with Crippen LogP contribution in [0.4, 0.5) is 0 Å². The lowest BCUT2D eigenvalue weighted by Gasteiger charge is -2.00. The van der Waals surface area contributed by atoms with Crippen molar-refractivity contribution in [3.05, 3.63) is 0 Å². The van der Waals surface area contributed by atoms with Crippen molar-refractivity contribution in [1.82, 2.24) is 5.32 Å². The number of carbonyl (C=O) groups excluding carboxylic acids is 1.